The van der Waals surface area contributed by atoms with Crippen molar-refractivity contribution in [2.75, 3.05) is 0 Å². The van der Waals surface area contributed by atoms with E-state index >= 15 is 0 Å². The summed E-state index contributed by atoms with van der Waals surface area (Å²) in [7, 11) is 0. The van der Waals surface area contributed by atoms with Crippen molar-refractivity contribution in [1.82, 2.24) is 0 Å². The largest absolute Gasteiger partial charge is 0.481 e. The minimum absolute atomic E-state index is 0.0244. The lowest BCUT2D eigenvalue weighted by molar-refractivity contribution is -0.153. The van der Waals surface area contributed by atoms with E-state index in [2.05, 4.69) is 0 Å². The zero-order valence-corrected chi connectivity index (χ0v) is 11.8. The van der Waals surface area contributed by atoms with Crippen molar-refractivity contribution in [3.63, 3.8) is 0 Å². The zero-order chi connectivity index (χ0) is 14.1. The number of ether oxygens (including phenoxy) is 1. The van der Waals surface area contributed by atoms with Crippen LogP contribution in [0.25, 0.3) is 0 Å². The summed E-state index contributed by atoms with van der Waals surface area (Å²) in [6.07, 6.45) is 1.40. The van der Waals surface area contributed by atoms with Gasteiger partial charge in [0.2, 0.25) is 0 Å². The van der Waals surface area contributed by atoms with E-state index in [9.17, 15) is 9.90 Å². The Morgan fingerprint density at radius 3 is 2.42 bits per heavy atom. The fraction of sp³-hybridized carbons (Fsp3) is 0.562. The zero-order valence-electron chi connectivity index (χ0n) is 11.8. The van der Waals surface area contributed by atoms with Crippen LogP contribution in [0.3, 0.4) is 0 Å². The van der Waals surface area contributed by atoms with Crippen LogP contribution in [0, 0.1) is 10.8 Å². The van der Waals surface area contributed by atoms with Crippen molar-refractivity contribution in [2.24, 2.45) is 10.8 Å². The fourth-order valence-electron chi connectivity index (χ4n) is 2.88. The molecule has 0 aliphatic heterocycles. The summed E-state index contributed by atoms with van der Waals surface area (Å²) in [5.41, 5.74) is 0.193. The van der Waals surface area contributed by atoms with Gasteiger partial charge in [0, 0.05) is 0 Å². The molecule has 0 heterocycles. The first-order valence-corrected chi connectivity index (χ1v) is 6.74. The summed E-state index contributed by atoms with van der Waals surface area (Å²) in [5.74, 6) is -0.719. The van der Waals surface area contributed by atoms with Crippen molar-refractivity contribution in [2.45, 2.75) is 46.3 Å². The van der Waals surface area contributed by atoms with Crippen molar-refractivity contribution >= 4 is 5.97 Å². The average molecular weight is 262 g/mol. The summed E-state index contributed by atoms with van der Waals surface area (Å²) < 4.78 is 5.91. The van der Waals surface area contributed by atoms with Crippen molar-refractivity contribution in [1.29, 1.82) is 0 Å². The maximum Gasteiger partial charge on any atom is 0.309 e. The van der Waals surface area contributed by atoms with Gasteiger partial charge in [-0.05, 0) is 30.7 Å². The number of rotatable bonds is 4. The highest BCUT2D eigenvalue weighted by atomic mass is 16.5. The molecule has 19 heavy (non-hydrogen) atoms. The third-order valence-electron chi connectivity index (χ3n) is 4.67. The fourth-order valence-corrected chi connectivity index (χ4v) is 2.88. The topological polar surface area (TPSA) is 46.5 Å². The third-order valence-corrected chi connectivity index (χ3v) is 4.67. The predicted octanol–water partition coefficient (Wildman–Crippen LogP) is 3.48. The molecule has 0 radical (unpaired) electrons. The molecule has 1 aromatic carbocycles. The Balaban J connectivity index is 2.00. The standard InChI is InChI=1S/C16H22O3/c1-15(2)9-13(10-16(15,3)14(17)18)19-11-12-7-5-4-6-8-12/h4-8,13H,9-11H2,1-3H3,(H,17,18)/t13-,16+/m1/s1. The van der Waals surface area contributed by atoms with Crippen LogP contribution in [-0.2, 0) is 16.1 Å². The summed E-state index contributed by atoms with van der Waals surface area (Å²) in [5, 5.41) is 9.46. The number of hydrogen-bond donors (Lipinski definition) is 1. The molecule has 1 saturated carbocycles. The Kier molecular flexibility index (Phi) is 3.68. The summed E-state index contributed by atoms with van der Waals surface area (Å²) in [6.45, 7) is 6.43. The SMILES string of the molecule is CC1(C)C[C@@H](OCc2ccccc2)C[C@@]1(C)C(=O)O. The van der Waals surface area contributed by atoms with Gasteiger partial charge < -0.3 is 9.84 Å². The highest BCUT2D eigenvalue weighted by Crippen LogP contribution is 2.53. The Bertz CT molecular complexity index is 452. The predicted molar refractivity (Wildman–Crippen MR) is 73.8 cm³/mol. The van der Waals surface area contributed by atoms with E-state index in [1.165, 1.54) is 0 Å². The van der Waals surface area contributed by atoms with E-state index in [1.54, 1.807) is 0 Å². The second-order valence-corrected chi connectivity index (χ2v) is 6.35. The Morgan fingerprint density at radius 1 is 1.26 bits per heavy atom. The Labute approximate surface area is 114 Å². The first kappa shape index (κ1) is 14.1. The lowest BCUT2D eigenvalue weighted by Gasteiger charge is -2.33. The molecule has 3 nitrogen and oxygen atoms in total. The van der Waals surface area contributed by atoms with Crippen molar-refractivity contribution in [3.8, 4) is 0 Å². The van der Waals surface area contributed by atoms with Gasteiger partial charge in [0.25, 0.3) is 0 Å². The first-order chi connectivity index (χ1) is 8.85. The van der Waals surface area contributed by atoms with Crippen LogP contribution in [0.4, 0.5) is 0 Å². The first-order valence-electron chi connectivity index (χ1n) is 6.74. The van der Waals surface area contributed by atoms with E-state index in [0.29, 0.717) is 13.0 Å². The van der Waals surface area contributed by atoms with E-state index in [4.69, 9.17) is 4.74 Å². The second-order valence-electron chi connectivity index (χ2n) is 6.35. The number of carboxylic acid groups (broad SMARTS) is 1. The number of benzene rings is 1. The van der Waals surface area contributed by atoms with E-state index < -0.39 is 11.4 Å². The molecular formula is C16H22O3. The quantitative estimate of drug-likeness (QED) is 0.903. The van der Waals surface area contributed by atoms with Crippen molar-refractivity contribution < 1.29 is 14.6 Å². The summed E-state index contributed by atoms with van der Waals surface area (Å²) in [6, 6.07) is 9.99. The molecule has 0 unspecified atom stereocenters. The molecule has 0 saturated heterocycles. The second kappa shape index (κ2) is 4.97. The molecule has 104 valence electrons. The minimum atomic E-state index is -0.719. The molecule has 2 rings (SSSR count). The van der Waals surface area contributed by atoms with Crippen molar-refractivity contribution in [3.05, 3.63) is 35.9 Å². The maximum atomic E-state index is 11.5. The van der Waals surface area contributed by atoms with Crippen LogP contribution >= 0.6 is 0 Å². The number of carboxylic acids is 1. The van der Waals surface area contributed by atoms with Crippen LogP contribution in [0.5, 0.6) is 0 Å². The number of hydrogen-bond acceptors (Lipinski definition) is 2. The van der Waals surface area contributed by atoms with Crippen LogP contribution in [-0.4, -0.2) is 17.2 Å². The lowest BCUT2D eigenvalue weighted by atomic mass is 9.69. The molecule has 1 fully saturated rings. The van der Waals surface area contributed by atoms with Crippen LogP contribution in [0.1, 0.15) is 39.2 Å². The van der Waals surface area contributed by atoms with Gasteiger partial charge in [0.1, 0.15) is 0 Å². The van der Waals surface area contributed by atoms with E-state index in [0.717, 1.165) is 12.0 Å². The van der Waals surface area contributed by atoms with Gasteiger partial charge in [-0.1, -0.05) is 44.2 Å². The van der Waals surface area contributed by atoms with E-state index in [-0.39, 0.29) is 11.5 Å². The molecule has 2 atom stereocenters. The van der Waals surface area contributed by atoms with Gasteiger partial charge >= 0.3 is 5.97 Å². The summed E-state index contributed by atoms with van der Waals surface area (Å²) in [4.78, 5) is 11.5. The van der Waals surface area contributed by atoms with Gasteiger partial charge in [0.15, 0.2) is 0 Å². The highest BCUT2D eigenvalue weighted by Gasteiger charge is 2.54. The van der Waals surface area contributed by atoms with E-state index in [1.807, 2.05) is 51.1 Å². The maximum absolute atomic E-state index is 11.5. The highest BCUT2D eigenvalue weighted by molar-refractivity contribution is 5.75. The molecule has 0 bridgehead atoms. The minimum Gasteiger partial charge on any atom is -0.481 e. The molecule has 1 aliphatic rings. The van der Waals surface area contributed by atoms with Gasteiger partial charge in [-0.25, -0.2) is 0 Å². The molecule has 3 heteroatoms. The number of aliphatic carboxylic acids is 1. The van der Waals surface area contributed by atoms with Gasteiger partial charge in [-0.15, -0.1) is 0 Å². The lowest BCUT2D eigenvalue weighted by Crippen LogP contribution is -2.37. The van der Waals surface area contributed by atoms with Gasteiger partial charge in [-0.3, -0.25) is 4.79 Å². The molecule has 0 aromatic heterocycles. The van der Waals surface area contributed by atoms with Gasteiger partial charge in [0.05, 0.1) is 18.1 Å². The third kappa shape index (κ3) is 2.66. The molecule has 0 amide bonds. The smallest absolute Gasteiger partial charge is 0.309 e. The molecular weight excluding hydrogens is 240 g/mol. The Hall–Kier alpha value is -1.35. The van der Waals surface area contributed by atoms with Crippen LogP contribution in [0.15, 0.2) is 30.3 Å². The van der Waals surface area contributed by atoms with Crippen LogP contribution in [0.2, 0.25) is 0 Å². The van der Waals surface area contributed by atoms with Gasteiger partial charge in [-0.2, -0.15) is 0 Å². The number of carbonyl (C=O) groups is 1. The normalized spacial score (nSPS) is 29.3. The summed E-state index contributed by atoms with van der Waals surface area (Å²) >= 11 is 0. The molecule has 0 spiro atoms. The average Bonchev–Trinajstić information content (AvgIpc) is 2.60. The Morgan fingerprint density at radius 2 is 1.89 bits per heavy atom. The van der Waals surface area contributed by atoms with Crippen LogP contribution < -0.4 is 0 Å². The molecule has 1 aromatic rings. The monoisotopic (exact) mass is 262 g/mol. The molecule has 1 N–H and O–H groups in total. The molecule has 1 aliphatic carbocycles.